The van der Waals surface area contributed by atoms with Crippen LogP contribution in [-0.4, -0.2) is 67.2 Å². The summed E-state index contributed by atoms with van der Waals surface area (Å²) >= 11 is 0. The van der Waals surface area contributed by atoms with Crippen molar-refractivity contribution in [1.29, 1.82) is 0 Å². The summed E-state index contributed by atoms with van der Waals surface area (Å²) < 4.78 is 31.9. The maximum absolute atomic E-state index is 11.9. The number of nitrogens with one attached hydrogen (secondary N) is 1. The zero-order valence-electron chi connectivity index (χ0n) is 10.1. The van der Waals surface area contributed by atoms with E-state index in [1.54, 1.807) is 0 Å². The molecule has 1 saturated heterocycles. The molecule has 10 heteroatoms. The minimum atomic E-state index is -3.95. The van der Waals surface area contributed by atoms with E-state index in [1.807, 2.05) is 4.72 Å². The second-order valence-corrected chi connectivity index (χ2v) is 5.66. The number of carboxylic acid groups (broad SMARTS) is 2. The summed E-state index contributed by atoms with van der Waals surface area (Å²) in [6, 6.07) is -1.45. The predicted molar refractivity (Wildman–Crippen MR) is 62.7 cm³/mol. The largest absolute Gasteiger partial charge is 0.481 e. The Labute approximate surface area is 110 Å². The molecule has 110 valence electrons. The number of hydrogen-bond donors (Lipinski definition) is 3. The number of carboxylic acids is 2. The number of nitrogens with zero attached hydrogens (tertiary/aromatic N) is 1. The van der Waals surface area contributed by atoms with Gasteiger partial charge >= 0.3 is 11.9 Å². The van der Waals surface area contributed by atoms with Crippen molar-refractivity contribution in [1.82, 2.24) is 9.03 Å². The monoisotopic (exact) mass is 296 g/mol. The average Bonchev–Trinajstić information content (AvgIpc) is 2.35. The molecule has 0 aromatic carbocycles. The normalized spacial score (nSPS) is 18.9. The van der Waals surface area contributed by atoms with Crippen molar-refractivity contribution in [2.45, 2.75) is 18.9 Å². The number of carbonyl (C=O) groups is 2. The molecule has 0 unspecified atom stereocenters. The van der Waals surface area contributed by atoms with E-state index in [2.05, 4.69) is 0 Å². The fourth-order valence-corrected chi connectivity index (χ4v) is 2.90. The van der Waals surface area contributed by atoms with Crippen LogP contribution in [0.15, 0.2) is 0 Å². The number of hydrogen-bond acceptors (Lipinski definition) is 5. The van der Waals surface area contributed by atoms with Gasteiger partial charge in [-0.05, 0) is 6.42 Å². The van der Waals surface area contributed by atoms with Gasteiger partial charge in [0.1, 0.15) is 6.04 Å². The highest BCUT2D eigenvalue weighted by atomic mass is 32.2. The summed E-state index contributed by atoms with van der Waals surface area (Å²) in [7, 11) is -3.95. The molecule has 3 N–H and O–H groups in total. The fourth-order valence-electron chi connectivity index (χ4n) is 1.54. The summed E-state index contributed by atoms with van der Waals surface area (Å²) in [6.07, 6.45) is -0.739. The van der Waals surface area contributed by atoms with Crippen LogP contribution in [0.4, 0.5) is 0 Å². The standard InChI is InChI=1S/C9H16N2O7S/c12-8(13)2-1-7(9(14)15)10-19(16,17)11-3-5-18-6-4-11/h7,10H,1-6H2,(H,12,13)(H,14,15)/t7-/m0/s1. The number of morpholine rings is 1. The van der Waals surface area contributed by atoms with Gasteiger partial charge in [-0.25, -0.2) is 0 Å². The zero-order valence-corrected chi connectivity index (χ0v) is 10.9. The van der Waals surface area contributed by atoms with Gasteiger partial charge in [0.2, 0.25) is 0 Å². The second kappa shape index (κ2) is 6.80. The first-order valence-corrected chi connectivity index (χ1v) is 7.06. The Hall–Kier alpha value is -1.23. The second-order valence-electron chi connectivity index (χ2n) is 3.96. The van der Waals surface area contributed by atoms with E-state index in [0.29, 0.717) is 0 Å². The van der Waals surface area contributed by atoms with Gasteiger partial charge in [0.15, 0.2) is 0 Å². The summed E-state index contributed by atoms with van der Waals surface area (Å²) in [5.74, 6) is -2.59. The maximum atomic E-state index is 11.9. The molecule has 0 saturated carbocycles. The highest BCUT2D eigenvalue weighted by Crippen LogP contribution is 2.06. The quantitative estimate of drug-likeness (QED) is 0.519. The lowest BCUT2D eigenvalue weighted by molar-refractivity contribution is -0.140. The Morgan fingerprint density at radius 1 is 1.26 bits per heavy atom. The molecule has 0 amide bonds. The third kappa shape index (κ3) is 5.11. The SMILES string of the molecule is O=C(O)CC[C@H](NS(=O)(=O)N1CCOCC1)C(=O)O. The molecule has 1 atom stereocenters. The van der Waals surface area contributed by atoms with Crippen LogP contribution < -0.4 is 4.72 Å². The Kier molecular flexibility index (Phi) is 5.66. The summed E-state index contributed by atoms with van der Waals surface area (Å²) in [5, 5.41) is 17.4. The maximum Gasteiger partial charge on any atom is 0.321 e. The summed E-state index contributed by atoms with van der Waals surface area (Å²) in [4.78, 5) is 21.3. The predicted octanol–water partition coefficient (Wildman–Crippen LogP) is -1.53. The lowest BCUT2D eigenvalue weighted by Gasteiger charge is -2.27. The van der Waals surface area contributed by atoms with Crippen LogP contribution in [0, 0.1) is 0 Å². The van der Waals surface area contributed by atoms with Crippen LogP contribution in [-0.2, 0) is 24.5 Å². The van der Waals surface area contributed by atoms with E-state index in [9.17, 15) is 18.0 Å². The van der Waals surface area contributed by atoms with Crippen LogP contribution >= 0.6 is 0 Å². The first-order valence-electron chi connectivity index (χ1n) is 5.62. The topological polar surface area (TPSA) is 133 Å². The Bertz CT molecular complexity index is 430. The molecule has 0 aliphatic carbocycles. The molecule has 1 rings (SSSR count). The van der Waals surface area contributed by atoms with Gasteiger partial charge in [-0.1, -0.05) is 0 Å². The molecule has 0 aromatic rings. The van der Waals surface area contributed by atoms with Crippen molar-refractivity contribution >= 4 is 22.1 Å². The first-order chi connectivity index (χ1) is 8.83. The van der Waals surface area contributed by atoms with E-state index in [0.717, 1.165) is 4.31 Å². The Morgan fingerprint density at radius 3 is 2.32 bits per heavy atom. The highest BCUT2D eigenvalue weighted by Gasteiger charge is 2.30. The summed E-state index contributed by atoms with van der Waals surface area (Å²) in [5.41, 5.74) is 0. The molecule has 0 bridgehead atoms. The first kappa shape index (κ1) is 15.8. The van der Waals surface area contributed by atoms with Crippen molar-refractivity contribution in [2.24, 2.45) is 0 Å². The number of ether oxygens (including phenoxy) is 1. The fraction of sp³-hybridized carbons (Fsp3) is 0.778. The summed E-state index contributed by atoms with van der Waals surface area (Å²) in [6.45, 7) is 0.767. The van der Waals surface area contributed by atoms with Gasteiger partial charge in [0.25, 0.3) is 10.2 Å². The van der Waals surface area contributed by atoms with Gasteiger partial charge in [-0.15, -0.1) is 0 Å². The third-order valence-corrected chi connectivity index (χ3v) is 4.17. The molecule has 1 aliphatic heterocycles. The van der Waals surface area contributed by atoms with Gasteiger partial charge in [-0.3, -0.25) is 9.59 Å². The van der Waals surface area contributed by atoms with Gasteiger partial charge in [-0.2, -0.15) is 17.4 Å². The minimum absolute atomic E-state index is 0.139. The molecule has 9 nitrogen and oxygen atoms in total. The van der Waals surface area contributed by atoms with Crippen molar-refractivity contribution in [2.75, 3.05) is 26.3 Å². The van der Waals surface area contributed by atoms with Crippen molar-refractivity contribution < 1.29 is 33.0 Å². The smallest absolute Gasteiger partial charge is 0.321 e. The molecule has 1 aliphatic rings. The third-order valence-electron chi connectivity index (χ3n) is 2.55. The van der Waals surface area contributed by atoms with Crippen LogP contribution in [0.5, 0.6) is 0 Å². The van der Waals surface area contributed by atoms with E-state index >= 15 is 0 Å². The van der Waals surface area contributed by atoms with Crippen molar-refractivity contribution in [3.8, 4) is 0 Å². The highest BCUT2D eigenvalue weighted by molar-refractivity contribution is 7.87. The molecular weight excluding hydrogens is 280 g/mol. The molecule has 1 heterocycles. The van der Waals surface area contributed by atoms with Crippen molar-refractivity contribution in [3.05, 3.63) is 0 Å². The number of aliphatic carboxylic acids is 2. The molecule has 0 radical (unpaired) electrons. The molecule has 0 aromatic heterocycles. The molecule has 0 spiro atoms. The van der Waals surface area contributed by atoms with Crippen LogP contribution in [0.25, 0.3) is 0 Å². The molecule has 19 heavy (non-hydrogen) atoms. The van der Waals surface area contributed by atoms with Gasteiger partial charge in [0.05, 0.1) is 13.2 Å². The van der Waals surface area contributed by atoms with Gasteiger partial charge in [0, 0.05) is 19.5 Å². The Balaban J connectivity index is 2.65. The minimum Gasteiger partial charge on any atom is -0.481 e. The zero-order chi connectivity index (χ0) is 14.5. The van der Waals surface area contributed by atoms with E-state index in [1.165, 1.54) is 0 Å². The Morgan fingerprint density at radius 2 is 1.84 bits per heavy atom. The van der Waals surface area contributed by atoms with Crippen molar-refractivity contribution in [3.63, 3.8) is 0 Å². The van der Waals surface area contributed by atoms with Crippen LogP contribution in [0.1, 0.15) is 12.8 Å². The average molecular weight is 296 g/mol. The van der Waals surface area contributed by atoms with Crippen LogP contribution in [0.2, 0.25) is 0 Å². The van der Waals surface area contributed by atoms with E-state index in [-0.39, 0.29) is 32.7 Å². The molecular formula is C9H16N2O7S. The van der Waals surface area contributed by atoms with Crippen LogP contribution in [0.3, 0.4) is 0 Å². The lowest BCUT2D eigenvalue weighted by Crippen LogP contribution is -2.51. The van der Waals surface area contributed by atoms with E-state index in [4.69, 9.17) is 14.9 Å². The van der Waals surface area contributed by atoms with E-state index < -0.39 is 34.6 Å². The van der Waals surface area contributed by atoms with Gasteiger partial charge < -0.3 is 14.9 Å². The number of rotatable bonds is 7. The molecule has 1 fully saturated rings. The lowest BCUT2D eigenvalue weighted by atomic mass is 10.2.